The molecule has 0 bridgehead atoms. The molecular formula is C13H18F2N2O. The van der Waals surface area contributed by atoms with E-state index < -0.39 is 17.2 Å². The largest absolute Gasteiger partial charge is 0.374 e. The molecule has 1 aliphatic rings. The molecule has 0 amide bonds. The van der Waals surface area contributed by atoms with Gasteiger partial charge in [0.2, 0.25) is 0 Å². The first-order valence-electron chi connectivity index (χ1n) is 6.10. The molecule has 1 fully saturated rings. The second-order valence-corrected chi connectivity index (χ2v) is 4.90. The van der Waals surface area contributed by atoms with E-state index in [0.717, 1.165) is 18.9 Å². The zero-order valence-electron chi connectivity index (χ0n) is 10.4. The number of rotatable bonds is 4. The van der Waals surface area contributed by atoms with E-state index in [4.69, 9.17) is 10.6 Å². The van der Waals surface area contributed by atoms with Gasteiger partial charge in [-0.3, -0.25) is 11.3 Å². The van der Waals surface area contributed by atoms with E-state index in [1.807, 2.05) is 6.92 Å². The van der Waals surface area contributed by atoms with Crippen molar-refractivity contribution < 1.29 is 13.5 Å². The smallest absolute Gasteiger partial charge is 0.162 e. The van der Waals surface area contributed by atoms with E-state index in [-0.39, 0.29) is 6.04 Å². The SMILES string of the molecule is CC1(C(Cc2cccc(F)c2F)NN)CCCO1. The van der Waals surface area contributed by atoms with Crippen LogP contribution in [0, 0.1) is 11.6 Å². The Morgan fingerprint density at radius 2 is 2.28 bits per heavy atom. The molecule has 0 spiro atoms. The number of hydrazine groups is 1. The second-order valence-electron chi connectivity index (χ2n) is 4.90. The lowest BCUT2D eigenvalue weighted by Gasteiger charge is -2.33. The molecule has 100 valence electrons. The molecule has 18 heavy (non-hydrogen) atoms. The molecule has 1 aromatic rings. The quantitative estimate of drug-likeness (QED) is 0.639. The summed E-state index contributed by atoms with van der Waals surface area (Å²) >= 11 is 0. The topological polar surface area (TPSA) is 47.3 Å². The number of nitrogens with one attached hydrogen (secondary N) is 1. The molecule has 0 aromatic heterocycles. The van der Waals surface area contributed by atoms with Crippen LogP contribution >= 0.6 is 0 Å². The lowest BCUT2D eigenvalue weighted by atomic mass is 9.88. The number of hydrogen-bond acceptors (Lipinski definition) is 3. The van der Waals surface area contributed by atoms with Gasteiger partial charge in [-0.25, -0.2) is 8.78 Å². The monoisotopic (exact) mass is 256 g/mol. The maximum atomic E-state index is 13.6. The van der Waals surface area contributed by atoms with Crippen molar-refractivity contribution >= 4 is 0 Å². The highest BCUT2D eigenvalue weighted by atomic mass is 19.2. The summed E-state index contributed by atoms with van der Waals surface area (Å²) in [5.74, 6) is 3.89. The van der Waals surface area contributed by atoms with Crippen molar-refractivity contribution in [2.75, 3.05) is 6.61 Å². The fraction of sp³-hybridized carbons (Fsp3) is 0.538. The van der Waals surface area contributed by atoms with Crippen molar-refractivity contribution in [3.05, 3.63) is 35.4 Å². The van der Waals surface area contributed by atoms with Crippen LogP contribution in [0.1, 0.15) is 25.3 Å². The number of halogens is 2. The highest BCUT2D eigenvalue weighted by Gasteiger charge is 2.38. The first-order valence-corrected chi connectivity index (χ1v) is 6.10. The van der Waals surface area contributed by atoms with E-state index in [1.54, 1.807) is 6.07 Å². The Morgan fingerprint density at radius 1 is 1.50 bits per heavy atom. The molecule has 1 saturated heterocycles. The minimum absolute atomic E-state index is 0.240. The highest BCUT2D eigenvalue weighted by molar-refractivity contribution is 5.21. The molecule has 3 nitrogen and oxygen atoms in total. The molecule has 0 radical (unpaired) electrons. The van der Waals surface area contributed by atoms with Gasteiger partial charge in [-0.15, -0.1) is 0 Å². The van der Waals surface area contributed by atoms with Crippen LogP contribution in [-0.2, 0) is 11.2 Å². The fourth-order valence-electron chi connectivity index (χ4n) is 2.45. The summed E-state index contributed by atoms with van der Waals surface area (Å²) in [5, 5.41) is 0. The zero-order chi connectivity index (χ0) is 13.2. The lowest BCUT2D eigenvalue weighted by molar-refractivity contribution is -0.0117. The third kappa shape index (κ3) is 2.53. The van der Waals surface area contributed by atoms with Gasteiger partial charge in [0.05, 0.1) is 11.6 Å². The molecule has 1 aliphatic heterocycles. The van der Waals surface area contributed by atoms with Crippen molar-refractivity contribution in [3.63, 3.8) is 0 Å². The Kier molecular flexibility index (Phi) is 3.94. The second kappa shape index (κ2) is 5.30. The van der Waals surface area contributed by atoms with Crippen molar-refractivity contribution in [1.82, 2.24) is 5.43 Å². The van der Waals surface area contributed by atoms with Crippen LogP contribution in [-0.4, -0.2) is 18.2 Å². The molecule has 3 N–H and O–H groups in total. The molecule has 2 atom stereocenters. The Morgan fingerprint density at radius 3 is 2.89 bits per heavy atom. The summed E-state index contributed by atoms with van der Waals surface area (Å²) in [4.78, 5) is 0. The number of hydrogen-bond donors (Lipinski definition) is 2. The van der Waals surface area contributed by atoms with Crippen molar-refractivity contribution in [3.8, 4) is 0 Å². The minimum Gasteiger partial charge on any atom is -0.374 e. The van der Waals surface area contributed by atoms with Gasteiger partial charge in [-0.2, -0.15) is 0 Å². The average molecular weight is 256 g/mol. The third-order valence-corrected chi connectivity index (χ3v) is 3.64. The zero-order valence-corrected chi connectivity index (χ0v) is 10.4. The normalized spacial score (nSPS) is 25.3. The van der Waals surface area contributed by atoms with E-state index in [9.17, 15) is 8.78 Å². The Bertz CT molecular complexity index is 419. The first kappa shape index (κ1) is 13.4. The van der Waals surface area contributed by atoms with Gasteiger partial charge in [-0.05, 0) is 37.8 Å². The van der Waals surface area contributed by atoms with E-state index >= 15 is 0 Å². The van der Waals surface area contributed by atoms with Crippen LogP contribution in [0.15, 0.2) is 18.2 Å². The van der Waals surface area contributed by atoms with Crippen LogP contribution in [0.3, 0.4) is 0 Å². The van der Waals surface area contributed by atoms with Gasteiger partial charge in [-0.1, -0.05) is 12.1 Å². The molecular weight excluding hydrogens is 238 g/mol. The number of nitrogens with two attached hydrogens (primary N) is 1. The van der Waals surface area contributed by atoms with Crippen LogP contribution < -0.4 is 11.3 Å². The predicted molar refractivity (Wildman–Crippen MR) is 64.8 cm³/mol. The van der Waals surface area contributed by atoms with Gasteiger partial charge in [0.1, 0.15) is 0 Å². The molecule has 2 rings (SSSR count). The van der Waals surface area contributed by atoms with E-state index in [0.29, 0.717) is 18.6 Å². The third-order valence-electron chi connectivity index (χ3n) is 3.64. The molecule has 0 aliphatic carbocycles. The molecule has 0 saturated carbocycles. The molecule has 5 heteroatoms. The van der Waals surface area contributed by atoms with Gasteiger partial charge >= 0.3 is 0 Å². The standard InChI is InChI=1S/C13H18F2N2O/c1-13(6-3-7-18-13)11(17-16)8-9-4-2-5-10(14)12(9)15/h2,4-5,11,17H,3,6-8,16H2,1H3. The molecule has 1 heterocycles. The van der Waals surface area contributed by atoms with Crippen molar-refractivity contribution in [2.24, 2.45) is 5.84 Å². The average Bonchev–Trinajstić information content (AvgIpc) is 2.79. The summed E-state index contributed by atoms with van der Waals surface area (Å²) in [6, 6.07) is 3.94. The van der Waals surface area contributed by atoms with Crippen LogP contribution in [0.2, 0.25) is 0 Å². The summed E-state index contributed by atoms with van der Waals surface area (Å²) in [6.45, 7) is 2.63. The predicted octanol–water partition coefficient (Wildman–Crippen LogP) is 1.91. The van der Waals surface area contributed by atoms with E-state index in [2.05, 4.69) is 5.43 Å². The lowest BCUT2D eigenvalue weighted by Crippen LogP contribution is -2.52. The summed E-state index contributed by atoms with van der Waals surface area (Å²) in [6.07, 6.45) is 2.12. The van der Waals surface area contributed by atoms with Gasteiger partial charge in [0, 0.05) is 6.61 Å². The van der Waals surface area contributed by atoms with Crippen molar-refractivity contribution in [1.29, 1.82) is 0 Å². The summed E-state index contributed by atoms with van der Waals surface area (Å²) in [5.41, 5.74) is 2.56. The molecule has 2 unspecified atom stereocenters. The first-order chi connectivity index (χ1) is 8.57. The minimum atomic E-state index is -0.833. The Labute approximate surface area is 105 Å². The number of benzene rings is 1. The fourth-order valence-corrected chi connectivity index (χ4v) is 2.45. The number of ether oxygens (including phenoxy) is 1. The van der Waals surface area contributed by atoms with Crippen LogP contribution in [0.25, 0.3) is 0 Å². The maximum absolute atomic E-state index is 13.6. The van der Waals surface area contributed by atoms with Crippen LogP contribution in [0.4, 0.5) is 8.78 Å². The summed E-state index contributed by atoms with van der Waals surface area (Å²) < 4.78 is 32.5. The van der Waals surface area contributed by atoms with Crippen LogP contribution in [0.5, 0.6) is 0 Å². The van der Waals surface area contributed by atoms with Gasteiger partial charge in [0.15, 0.2) is 11.6 Å². The molecule has 1 aromatic carbocycles. The highest BCUT2D eigenvalue weighted by Crippen LogP contribution is 2.30. The van der Waals surface area contributed by atoms with Gasteiger partial charge < -0.3 is 4.74 Å². The Balaban J connectivity index is 2.17. The maximum Gasteiger partial charge on any atom is 0.162 e. The van der Waals surface area contributed by atoms with E-state index in [1.165, 1.54) is 6.07 Å². The van der Waals surface area contributed by atoms with Crippen molar-refractivity contribution in [2.45, 2.75) is 37.8 Å². The Hall–Kier alpha value is -1.04. The summed E-state index contributed by atoms with van der Waals surface area (Å²) in [7, 11) is 0. The van der Waals surface area contributed by atoms with Gasteiger partial charge in [0.25, 0.3) is 0 Å².